The topological polar surface area (TPSA) is 82.2 Å². The number of nitrogens with one attached hydrogen (secondary N) is 1. The van der Waals surface area contributed by atoms with Crippen molar-refractivity contribution in [3.8, 4) is 6.07 Å². The van der Waals surface area contributed by atoms with E-state index in [1.807, 2.05) is 25.1 Å². The average molecular weight is 457 g/mol. The van der Waals surface area contributed by atoms with Crippen LogP contribution in [0, 0.1) is 18.3 Å². The van der Waals surface area contributed by atoms with Crippen LogP contribution in [0.2, 0.25) is 0 Å². The maximum absolute atomic E-state index is 12.7. The van der Waals surface area contributed by atoms with Gasteiger partial charge in [-0.25, -0.2) is 5.84 Å². The molecule has 29 heavy (non-hydrogen) atoms. The van der Waals surface area contributed by atoms with Crippen molar-refractivity contribution in [2.75, 3.05) is 15.7 Å². The number of carbonyl (C=O) groups excluding carboxylic acids is 1. The second kappa shape index (κ2) is 9.91. The molecule has 154 valence electrons. The van der Waals surface area contributed by atoms with Crippen molar-refractivity contribution in [3.05, 3.63) is 53.1 Å². The predicted octanol–water partition coefficient (Wildman–Crippen LogP) is 5.68. The number of rotatable bonds is 7. The number of halogens is 1. The zero-order valence-electron chi connectivity index (χ0n) is 17.6. The summed E-state index contributed by atoms with van der Waals surface area (Å²) < 4.78 is 0. The number of aryl methyl sites for hydroxylation is 1. The summed E-state index contributed by atoms with van der Waals surface area (Å²) in [5, 5.41) is 14.6. The molecule has 0 spiro atoms. The summed E-state index contributed by atoms with van der Waals surface area (Å²) in [6.07, 6.45) is 2.24. The third-order valence-corrected chi connectivity index (χ3v) is 5.32. The number of anilines is 3. The number of hydrogen-bond acceptors (Lipinski definition) is 4. The first-order valence-corrected chi connectivity index (χ1v) is 10.9. The third kappa shape index (κ3) is 5.81. The molecule has 2 rings (SSSR count). The van der Waals surface area contributed by atoms with Gasteiger partial charge in [0, 0.05) is 11.8 Å². The summed E-state index contributed by atoms with van der Waals surface area (Å²) in [5.74, 6) is 6.49. The molecule has 0 saturated heterocycles. The monoisotopic (exact) mass is 456 g/mol. The van der Waals surface area contributed by atoms with Gasteiger partial charge in [-0.05, 0) is 60.6 Å². The van der Waals surface area contributed by atoms with E-state index < -0.39 is 0 Å². The van der Waals surface area contributed by atoms with Crippen LogP contribution in [0.3, 0.4) is 0 Å². The number of alkyl halides is 1. The molecule has 6 heteroatoms. The highest BCUT2D eigenvalue weighted by Gasteiger charge is 2.25. The fraction of sp³-hybridized carbons (Fsp3) is 0.391. The number of unbranched alkanes of at least 4 members (excludes halogenated alkanes) is 1. The van der Waals surface area contributed by atoms with Crippen molar-refractivity contribution in [1.82, 2.24) is 0 Å². The summed E-state index contributed by atoms with van der Waals surface area (Å²) in [6, 6.07) is 13.3. The fourth-order valence-electron chi connectivity index (χ4n) is 3.16. The highest BCUT2D eigenvalue weighted by molar-refractivity contribution is 9.09. The van der Waals surface area contributed by atoms with Crippen LogP contribution in [0.15, 0.2) is 36.4 Å². The van der Waals surface area contributed by atoms with Crippen molar-refractivity contribution in [3.63, 3.8) is 0 Å². The molecule has 0 unspecified atom stereocenters. The van der Waals surface area contributed by atoms with Crippen molar-refractivity contribution in [2.24, 2.45) is 5.84 Å². The van der Waals surface area contributed by atoms with Gasteiger partial charge >= 0.3 is 0 Å². The number of nitrogens with zero attached hydrogens (tertiary/aromatic N) is 2. The second-order valence-electron chi connectivity index (χ2n) is 8.13. The second-order valence-corrected chi connectivity index (χ2v) is 8.92. The van der Waals surface area contributed by atoms with Crippen molar-refractivity contribution in [2.45, 2.75) is 52.4 Å². The number of nitriles is 1. The van der Waals surface area contributed by atoms with Crippen LogP contribution >= 0.6 is 15.9 Å². The summed E-state index contributed by atoms with van der Waals surface area (Å²) in [7, 11) is 0. The van der Waals surface area contributed by atoms with E-state index >= 15 is 0 Å². The largest absolute Gasteiger partial charge is 0.324 e. The van der Waals surface area contributed by atoms with Crippen LogP contribution in [0.5, 0.6) is 0 Å². The Bertz CT molecular complexity index is 895. The lowest BCUT2D eigenvalue weighted by Gasteiger charge is -2.30. The fourth-order valence-corrected chi connectivity index (χ4v) is 3.56. The van der Waals surface area contributed by atoms with Crippen molar-refractivity contribution in [1.29, 1.82) is 5.26 Å². The molecule has 3 N–H and O–H groups in total. The Morgan fingerprint density at radius 3 is 2.38 bits per heavy atom. The van der Waals surface area contributed by atoms with Gasteiger partial charge in [0.2, 0.25) is 5.91 Å². The Kier molecular flexibility index (Phi) is 7.83. The SMILES string of the molecule is Cc1ccc(C(C)(C)C)c(NC(=O)CCCCBr)c1N(N)c1ccc(C#N)cc1. The Hall–Kier alpha value is -2.36. The predicted molar refractivity (Wildman–Crippen MR) is 124 cm³/mol. The standard InChI is InChI=1S/C23H29BrN4O/c1-16-8-13-19(23(2,3)4)21(27-20(29)7-5-6-14-24)22(16)28(26)18-11-9-17(15-25)10-12-18/h8-13H,5-7,14,26H2,1-4H3,(H,27,29). The van der Waals surface area contributed by atoms with Crippen LogP contribution in [0.4, 0.5) is 17.1 Å². The zero-order chi connectivity index (χ0) is 21.6. The maximum atomic E-state index is 12.7. The lowest BCUT2D eigenvalue weighted by atomic mass is 9.84. The molecule has 0 atom stereocenters. The molecule has 2 aromatic carbocycles. The molecular weight excluding hydrogens is 428 g/mol. The van der Waals surface area contributed by atoms with Crippen LogP contribution < -0.4 is 16.2 Å². The number of amides is 1. The van der Waals surface area contributed by atoms with Gasteiger partial charge in [-0.3, -0.25) is 9.80 Å². The Morgan fingerprint density at radius 1 is 1.17 bits per heavy atom. The molecule has 0 radical (unpaired) electrons. The van der Waals surface area contributed by atoms with Gasteiger partial charge in [0.25, 0.3) is 0 Å². The van der Waals surface area contributed by atoms with E-state index in [1.54, 1.807) is 17.1 Å². The lowest BCUT2D eigenvalue weighted by Crippen LogP contribution is -2.29. The molecule has 0 bridgehead atoms. The summed E-state index contributed by atoms with van der Waals surface area (Å²) in [6.45, 7) is 8.32. The van der Waals surface area contributed by atoms with Gasteiger partial charge in [0.05, 0.1) is 28.7 Å². The average Bonchev–Trinajstić information content (AvgIpc) is 2.67. The number of hydrazine groups is 1. The molecule has 2 aromatic rings. The van der Waals surface area contributed by atoms with E-state index in [0.717, 1.165) is 46.4 Å². The van der Waals surface area contributed by atoms with E-state index in [-0.39, 0.29) is 11.3 Å². The molecule has 0 aliphatic heterocycles. The van der Waals surface area contributed by atoms with Gasteiger partial charge in [-0.15, -0.1) is 0 Å². The normalized spacial score (nSPS) is 11.1. The summed E-state index contributed by atoms with van der Waals surface area (Å²) in [4.78, 5) is 12.7. The lowest BCUT2D eigenvalue weighted by molar-refractivity contribution is -0.116. The molecule has 0 fully saturated rings. The molecule has 0 aliphatic rings. The molecule has 1 amide bonds. The Balaban J connectivity index is 2.51. The van der Waals surface area contributed by atoms with Crippen molar-refractivity contribution < 1.29 is 4.79 Å². The smallest absolute Gasteiger partial charge is 0.224 e. The summed E-state index contributed by atoms with van der Waals surface area (Å²) >= 11 is 3.41. The van der Waals surface area contributed by atoms with Crippen LogP contribution in [0.1, 0.15) is 56.7 Å². The number of benzene rings is 2. The molecular formula is C23H29BrN4O. The minimum atomic E-state index is -0.174. The van der Waals surface area contributed by atoms with E-state index in [4.69, 9.17) is 11.1 Å². The van der Waals surface area contributed by atoms with Crippen molar-refractivity contribution >= 4 is 38.9 Å². The Morgan fingerprint density at radius 2 is 1.83 bits per heavy atom. The number of nitrogens with two attached hydrogens (primary N) is 1. The van der Waals surface area contributed by atoms with Gasteiger partial charge in [-0.1, -0.05) is 48.8 Å². The minimum Gasteiger partial charge on any atom is -0.324 e. The van der Waals surface area contributed by atoms with Crippen LogP contribution in [0.25, 0.3) is 0 Å². The maximum Gasteiger partial charge on any atom is 0.224 e. The van der Waals surface area contributed by atoms with E-state index in [1.165, 1.54) is 0 Å². The van der Waals surface area contributed by atoms with Gasteiger partial charge in [-0.2, -0.15) is 5.26 Å². The van der Waals surface area contributed by atoms with E-state index in [0.29, 0.717) is 12.0 Å². The van der Waals surface area contributed by atoms with E-state index in [2.05, 4.69) is 54.2 Å². The quantitative estimate of drug-likeness (QED) is 0.243. The molecule has 5 nitrogen and oxygen atoms in total. The molecule has 0 heterocycles. The third-order valence-electron chi connectivity index (χ3n) is 4.76. The first-order valence-electron chi connectivity index (χ1n) is 9.74. The zero-order valence-corrected chi connectivity index (χ0v) is 19.1. The number of hydrogen-bond donors (Lipinski definition) is 2. The van der Waals surface area contributed by atoms with Crippen LogP contribution in [-0.4, -0.2) is 11.2 Å². The number of carbonyl (C=O) groups is 1. The summed E-state index contributed by atoms with van der Waals surface area (Å²) in [5.41, 5.74) is 4.63. The minimum absolute atomic E-state index is 0.0171. The molecule has 0 aliphatic carbocycles. The highest BCUT2D eigenvalue weighted by Crippen LogP contribution is 2.40. The van der Waals surface area contributed by atoms with Gasteiger partial charge < -0.3 is 5.32 Å². The molecule has 0 aromatic heterocycles. The highest BCUT2D eigenvalue weighted by atomic mass is 79.9. The Labute approximate surface area is 182 Å². The van der Waals surface area contributed by atoms with Gasteiger partial charge in [0.15, 0.2) is 0 Å². The molecule has 0 saturated carbocycles. The van der Waals surface area contributed by atoms with Gasteiger partial charge in [0.1, 0.15) is 0 Å². The van der Waals surface area contributed by atoms with Crippen LogP contribution in [-0.2, 0) is 10.2 Å². The first kappa shape index (κ1) is 22.9. The first-order chi connectivity index (χ1) is 13.7. The van der Waals surface area contributed by atoms with E-state index in [9.17, 15) is 4.79 Å².